The first kappa shape index (κ1) is 13.5. The Kier molecular flexibility index (Phi) is 4.75. The molecule has 0 spiro atoms. The molecule has 1 aromatic heterocycles. The van der Waals surface area contributed by atoms with Crippen molar-refractivity contribution in [2.75, 3.05) is 26.2 Å². The third-order valence-corrected chi connectivity index (χ3v) is 3.60. The summed E-state index contributed by atoms with van der Waals surface area (Å²) in [5.41, 5.74) is 2.29. The lowest BCUT2D eigenvalue weighted by molar-refractivity contribution is 0.172. The highest BCUT2D eigenvalue weighted by atomic mass is 35.5. The van der Waals surface area contributed by atoms with E-state index in [9.17, 15) is 0 Å². The van der Waals surface area contributed by atoms with Gasteiger partial charge < -0.3 is 5.32 Å². The summed E-state index contributed by atoms with van der Waals surface area (Å²) in [6.07, 6.45) is 2.67. The zero-order chi connectivity index (χ0) is 13.0. The molecule has 0 aliphatic carbocycles. The van der Waals surface area contributed by atoms with Crippen LogP contribution >= 0.6 is 11.6 Å². The maximum atomic E-state index is 6.24. The number of hydrogen-bond donors (Lipinski definition) is 1. The van der Waals surface area contributed by atoms with Crippen molar-refractivity contribution in [1.29, 1.82) is 0 Å². The van der Waals surface area contributed by atoms with Crippen LogP contribution in [0, 0.1) is 0 Å². The van der Waals surface area contributed by atoms with Crippen LogP contribution in [0.3, 0.4) is 0 Å². The van der Waals surface area contributed by atoms with E-state index < -0.39 is 0 Å². The number of rotatable bonds is 4. The van der Waals surface area contributed by atoms with Gasteiger partial charge in [0.2, 0.25) is 0 Å². The van der Waals surface area contributed by atoms with E-state index in [1.165, 1.54) is 5.57 Å². The second-order valence-electron chi connectivity index (χ2n) is 4.85. The molecule has 3 nitrogen and oxygen atoms in total. The summed E-state index contributed by atoms with van der Waals surface area (Å²) in [5.74, 6) is 0. The number of hydrogen-bond acceptors (Lipinski definition) is 3. The molecule has 4 heteroatoms. The highest BCUT2D eigenvalue weighted by molar-refractivity contribution is 6.30. The lowest BCUT2D eigenvalue weighted by atomic mass is 9.99. The Balaban J connectivity index is 2.24. The Morgan fingerprint density at radius 3 is 2.89 bits per heavy atom. The zero-order valence-electron chi connectivity index (χ0n) is 10.8. The minimum atomic E-state index is 0.297. The smallest absolute Gasteiger partial charge is 0.133 e. The Morgan fingerprint density at radius 1 is 1.56 bits per heavy atom. The maximum absolute atomic E-state index is 6.24. The van der Waals surface area contributed by atoms with Crippen LogP contribution in [0.4, 0.5) is 0 Å². The molecule has 1 fully saturated rings. The first-order chi connectivity index (χ1) is 8.68. The van der Waals surface area contributed by atoms with Crippen LogP contribution in [-0.2, 0) is 0 Å². The van der Waals surface area contributed by atoms with E-state index in [2.05, 4.69) is 34.8 Å². The number of nitrogens with one attached hydrogen (secondary N) is 1. The Hall–Kier alpha value is -0.900. The third-order valence-electron chi connectivity index (χ3n) is 3.28. The highest BCUT2D eigenvalue weighted by Crippen LogP contribution is 2.31. The largest absolute Gasteiger partial charge is 0.314 e. The van der Waals surface area contributed by atoms with E-state index in [0.29, 0.717) is 11.2 Å². The summed E-state index contributed by atoms with van der Waals surface area (Å²) >= 11 is 6.24. The van der Waals surface area contributed by atoms with Gasteiger partial charge >= 0.3 is 0 Å². The molecule has 0 aromatic carbocycles. The van der Waals surface area contributed by atoms with E-state index in [1.807, 2.05) is 6.07 Å². The molecule has 1 aromatic rings. The van der Waals surface area contributed by atoms with Crippen molar-refractivity contribution in [3.05, 3.63) is 41.2 Å². The predicted octanol–water partition coefficient (Wildman–Crippen LogP) is 2.65. The van der Waals surface area contributed by atoms with Crippen molar-refractivity contribution in [3.8, 4) is 0 Å². The molecule has 98 valence electrons. The quantitative estimate of drug-likeness (QED) is 0.670. The topological polar surface area (TPSA) is 28.2 Å². The van der Waals surface area contributed by atoms with Crippen LogP contribution in [0.25, 0.3) is 0 Å². The normalized spacial score (nSPS) is 18.6. The summed E-state index contributed by atoms with van der Waals surface area (Å²) in [6, 6.07) is 4.32. The van der Waals surface area contributed by atoms with Gasteiger partial charge in [0.25, 0.3) is 0 Å². The van der Waals surface area contributed by atoms with Gasteiger partial charge in [-0.25, -0.2) is 4.98 Å². The predicted molar refractivity (Wildman–Crippen MR) is 75.9 cm³/mol. The molecule has 1 N–H and O–H groups in total. The summed E-state index contributed by atoms with van der Waals surface area (Å²) in [6.45, 7) is 10.3. The van der Waals surface area contributed by atoms with Crippen LogP contribution in [0.5, 0.6) is 0 Å². The van der Waals surface area contributed by atoms with Gasteiger partial charge in [-0.3, -0.25) is 4.90 Å². The van der Waals surface area contributed by atoms with Gasteiger partial charge in [-0.2, -0.15) is 0 Å². The van der Waals surface area contributed by atoms with E-state index >= 15 is 0 Å². The van der Waals surface area contributed by atoms with E-state index in [-0.39, 0.29) is 0 Å². The molecule has 0 radical (unpaired) electrons. The van der Waals surface area contributed by atoms with Crippen molar-refractivity contribution < 1.29 is 0 Å². The summed E-state index contributed by atoms with van der Waals surface area (Å²) in [5, 5.41) is 3.99. The van der Waals surface area contributed by atoms with Crippen molar-refractivity contribution in [1.82, 2.24) is 15.2 Å². The minimum Gasteiger partial charge on any atom is -0.314 e. The molecule has 18 heavy (non-hydrogen) atoms. The van der Waals surface area contributed by atoms with Crippen molar-refractivity contribution in [3.63, 3.8) is 0 Å². The molecule has 1 aliphatic rings. The van der Waals surface area contributed by atoms with Gasteiger partial charge in [0.05, 0.1) is 0 Å². The summed E-state index contributed by atoms with van der Waals surface area (Å²) in [7, 11) is 0. The van der Waals surface area contributed by atoms with Crippen LogP contribution in [0.15, 0.2) is 30.5 Å². The van der Waals surface area contributed by atoms with Crippen molar-refractivity contribution in [2.24, 2.45) is 0 Å². The fourth-order valence-corrected chi connectivity index (χ4v) is 2.65. The van der Waals surface area contributed by atoms with Gasteiger partial charge in [0.1, 0.15) is 5.15 Å². The van der Waals surface area contributed by atoms with Crippen molar-refractivity contribution >= 4 is 11.6 Å². The minimum absolute atomic E-state index is 0.297. The second-order valence-corrected chi connectivity index (χ2v) is 5.20. The fraction of sp³-hybridized carbons (Fsp3) is 0.500. The number of aromatic nitrogens is 1. The fourth-order valence-electron chi connectivity index (χ4n) is 2.41. The van der Waals surface area contributed by atoms with Crippen LogP contribution in [-0.4, -0.2) is 36.1 Å². The number of pyridine rings is 1. The van der Waals surface area contributed by atoms with Crippen LogP contribution < -0.4 is 5.32 Å². The lowest BCUT2D eigenvalue weighted by Gasteiger charge is -2.35. The molecule has 0 bridgehead atoms. The SMILES string of the molecule is C=C(C)C[C@H](c1cccnc1Cl)N1CCNCC1. The number of piperazine rings is 1. The third kappa shape index (κ3) is 3.31. The van der Waals surface area contributed by atoms with Gasteiger partial charge in [0, 0.05) is 44.0 Å². The molecule has 0 saturated carbocycles. The first-order valence-corrected chi connectivity index (χ1v) is 6.76. The molecular weight excluding hydrogens is 246 g/mol. The monoisotopic (exact) mass is 265 g/mol. The molecule has 2 rings (SSSR count). The number of halogens is 1. The lowest BCUT2D eigenvalue weighted by Crippen LogP contribution is -2.45. The van der Waals surface area contributed by atoms with E-state index in [1.54, 1.807) is 6.20 Å². The standard InChI is InChI=1S/C14H20ClN3/c1-11(2)10-13(18-8-6-16-7-9-18)12-4-3-5-17-14(12)15/h3-5,13,16H,1,6-10H2,2H3/t13-/m1/s1. The summed E-state index contributed by atoms with van der Waals surface area (Å²) < 4.78 is 0. The average molecular weight is 266 g/mol. The van der Waals surface area contributed by atoms with Gasteiger partial charge in [-0.15, -0.1) is 6.58 Å². The molecule has 1 atom stereocenters. The van der Waals surface area contributed by atoms with Crippen molar-refractivity contribution in [2.45, 2.75) is 19.4 Å². The van der Waals surface area contributed by atoms with Gasteiger partial charge in [-0.1, -0.05) is 23.2 Å². The molecular formula is C14H20ClN3. The molecule has 1 aliphatic heterocycles. The van der Waals surface area contributed by atoms with E-state index in [0.717, 1.165) is 38.2 Å². The number of nitrogens with zero attached hydrogens (tertiary/aromatic N) is 2. The summed E-state index contributed by atoms with van der Waals surface area (Å²) in [4.78, 5) is 6.66. The Morgan fingerprint density at radius 2 is 2.28 bits per heavy atom. The Bertz CT molecular complexity index is 413. The maximum Gasteiger partial charge on any atom is 0.133 e. The molecule has 1 saturated heterocycles. The molecule has 0 amide bonds. The first-order valence-electron chi connectivity index (χ1n) is 6.38. The Labute approximate surface area is 114 Å². The average Bonchev–Trinajstić information content (AvgIpc) is 2.38. The van der Waals surface area contributed by atoms with Crippen LogP contribution in [0.1, 0.15) is 24.9 Å². The van der Waals surface area contributed by atoms with E-state index in [4.69, 9.17) is 11.6 Å². The second kappa shape index (κ2) is 6.32. The van der Waals surface area contributed by atoms with Gasteiger partial charge in [0.15, 0.2) is 0 Å². The zero-order valence-corrected chi connectivity index (χ0v) is 11.6. The highest BCUT2D eigenvalue weighted by Gasteiger charge is 2.24. The molecule has 2 heterocycles. The molecule has 0 unspecified atom stereocenters. The van der Waals surface area contributed by atoms with Gasteiger partial charge in [-0.05, 0) is 19.4 Å². The van der Waals surface area contributed by atoms with Crippen LogP contribution in [0.2, 0.25) is 5.15 Å².